The van der Waals surface area contributed by atoms with Gasteiger partial charge in [0.2, 0.25) is 0 Å². The van der Waals surface area contributed by atoms with Gasteiger partial charge in [0.15, 0.2) is 5.25 Å². The molecule has 1 N–H and O–H groups in total. The van der Waals surface area contributed by atoms with Gasteiger partial charge in [-0.15, -0.1) is 0 Å². The van der Waals surface area contributed by atoms with Crippen molar-refractivity contribution in [1.82, 2.24) is 0 Å². The third-order valence-electron chi connectivity index (χ3n) is 5.14. The van der Waals surface area contributed by atoms with Gasteiger partial charge in [0.1, 0.15) is 0 Å². The first-order chi connectivity index (χ1) is 14.1. The average molecular weight is 473 g/mol. The van der Waals surface area contributed by atoms with Crippen molar-refractivity contribution < 1.29 is 62.0 Å². The molecule has 9 heteroatoms. The minimum Gasteiger partial charge on any atom is -0.550 e. The number of unbranched alkanes of at least 4 members (excludes halogenated alkanes) is 12. The molecule has 0 spiro atoms. The number of hydrogen-bond acceptors (Lipinski definition) is 6. The number of ether oxygens (including phenoxy) is 1. The molecule has 0 aromatic carbocycles. The van der Waals surface area contributed by atoms with Crippen molar-refractivity contribution in [3.05, 3.63) is 0 Å². The zero-order chi connectivity index (χ0) is 22.8. The molecule has 0 fully saturated rings. The Hall–Kier alpha value is -0.150. The summed E-state index contributed by atoms with van der Waals surface area (Å²) in [7, 11) is -4.83. The Bertz CT molecular complexity index is 564. The Morgan fingerprint density at radius 2 is 1.19 bits per heavy atom. The smallest absolute Gasteiger partial charge is 0.550 e. The fourth-order valence-corrected chi connectivity index (χ4v) is 3.98. The molecule has 0 saturated carbocycles. The van der Waals surface area contributed by atoms with Crippen LogP contribution in [0.4, 0.5) is 0 Å². The van der Waals surface area contributed by atoms with Gasteiger partial charge in [-0.1, -0.05) is 97.3 Å². The van der Waals surface area contributed by atoms with Crippen LogP contribution >= 0.6 is 0 Å². The summed E-state index contributed by atoms with van der Waals surface area (Å²) in [4.78, 5) is 22.1. The fraction of sp³-hybridized carbons (Fsp3) is 0.909. The number of carbonyl (C=O) groups excluding carboxylic acids is 2. The van der Waals surface area contributed by atoms with Crippen molar-refractivity contribution in [3.63, 3.8) is 0 Å². The van der Waals surface area contributed by atoms with Crippen LogP contribution in [0.2, 0.25) is 0 Å². The van der Waals surface area contributed by atoms with Gasteiger partial charge in [0.25, 0.3) is 10.1 Å². The van der Waals surface area contributed by atoms with Crippen molar-refractivity contribution >= 4 is 22.1 Å². The predicted octanol–water partition coefficient (Wildman–Crippen LogP) is 1.05. The first-order valence-electron chi connectivity index (χ1n) is 11.5. The summed E-state index contributed by atoms with van der Waals surface area (Å²) in [6.45, 7) is 4.56. The van der Waals surface area contributed by atoms with Crippen molar-refractivity contribution in [1.29, 1.82) is 0 Å². The molecule has 31 heavy (non-hydrogen) atoms. The van der Waals surface area contributed by atoms with Crippen LogP contribution < -0.4 is 34.7 Å². The molecule has 0 aliphatic heterocycles. The normalized spacial score (nSPS) is 12.4. The number of carboxylic acid groups (broad SMARTS) is 1. The number of esters is 1. The molecule has 0 amide bonds. The Labute approximate surface area is 211 Å². The second kappa shape index (κ2) is 20.5. The van der Waals surface area contributed by atoms with E-state index in [2.05, 4.69) is 13.8 Å². The van der Waals surface area contributed by atoms with E-state index in [1.807, 2.05) is 0 Å². The molecule has 0 rings (SSSR count). The van der Waals surface area contributed by atoms with Crippen LogP contribution in [-0.4, -0.2) is 36.8 Å². The van der Waals surface area contributed by atoms with Crippen molar-refractivity contribution in [3.8, 4) is 0 Å². The molecule has 1 unspecified atom stereocenters. The monoisotopic (exact) mass is 472 g/mol. The fourth-order valence-electron chi connectivity index (χ4n) is 3.33. The first-order valence-corrected chi connectivity index (χ1v) is 13.0. The molecule has 0 aromatic heterocycles. The standard InChI is InChI=1S/C22H42O7S.Na/c1-19(2)16-14-12-10-8-6-4-3-5-7-9-11-13-15-17-29-22(25)20(18-21(23)24)30(26,27)28;/h19-20H,3-18H2,1-2H3,(H,23,24)(H,26,27,28);/q;+1/p-1. The zero-order valence-corrected chi connectivity index (χ0v) is 22.6. The molecular weight excluding hydrogens is 431 g/mol. The number of rotatable bonds is 20. The van der Waals surface area contributed by atoms with E-state index >= 15 is 0 Å². The van der Waals surface area contributed by atoms with Gasteiger partial charge in [-0.2, -0.15) is 8.42 Å². The van der Waals surface area contributed by atoms with Crippen LogP contribution in [0, 0.1) is 5.92 Å². The SMILES string of the molecule is CC(C)CCCCCCCCCCCCCCCOC(=O)C(CC(=O)[O-])S(=O)(=O)O.[Na+]. The van der Waals surface area contributed by atoms with E-state index in [1.165, 1.54) is 64.2 Å². The molecule has 0 bridgehead atoms. The third-order valence-corrected chi connectivity index (χ3v) is 6.22. The molecule has 178 valence electrons. The number of hydrogen-bond donors (Lipinski definition) is 1. The molecule has 0 heterocycles. The molecule has 0 aliphatic carbocycles. The quantitative estimate of drug-likeness (QED) is 0.122. The van der Waals surface area contributed by atoms with Gasteiger partial charge in [-0.05, 0) is 12.3 Å². The van der Waals surface area contributed by atoms with E-state index < -0.39 is 33.7 Å². The minimum absolute atomic E-state index is 0. The molecule has 0 radical (unpaired) electrons. The van der Waals surface area contributed by atoms with Gasteiger partial charge >= 0.3 is 35.5 Å². The summed E-state index contributed by atoms with van der Waals surface area (Å²) in [6.07, 6.45) is 15.5. The summed E-state index contributed by atoms with van der Waals surface area (Å²) in [6, 6.07) is 0. The maximum Gasteiger partial charge on any atom is 1.00 e. The first kappa shape index (κ1) is 33.0. The van der Waals surface area contributed by atoms with E-state index in [-0.39, 0.29) is 36.2 Å². The Morgan fingerprint density at radius 1 is 0.806 bits per heavy atom. The van der Waals surface area contributed by atoms with Crippen LogP contribution in [0.1, 0.15) is 110 Å². The second-order valence-electron chi connectivity index (χ2n) is 8.53. The van der Waals surface area contributed by atoms with E-state index in [4.69, 9.17) is 9.29 Å². The van der Waals surface area contributed by atoms with E-state index in [0.29, 0.717) is 6.42 Å². The molecule has 0 aromatic rings. The largest absolute Gasteiger partial charge is 1.00 e. The summed E-state index contributed by atoms with van der Waals surface area (Å²) in [5.74, 6) is -2.17. The minimum atomic E-state index is -4.83. The van der Waals surface area contributed by atoms with Crippen molar-refractivity contribution in [2.24, 2.45) is 5.92 Å². The van der Waals surface area contributed by atoms with Crippen LogP contribution in [0.25, 0.3) is 0 Å². The summed E-state index contributed by atoms with van der Waals surface area (Å²) in [5, 5.41) is 8.38. The Morgan fingerprint density at radius 3 is 1.55 bits per heavy atom. The van der Waals surface area contributed by atoms with Gasteiger partial charge in [0.05, 0.1) is 6.61 Å². The number of carboxylic acids is 1. The van der Waals surface area contributed by atoms with Crippen LogP contribution in [0.5, 0.6) is 0 Å². The van der Waals surface area contributed by atoms with Gasteiger partial charge in [0, 0.05) is 12.4 Å². The average Bonchev–Trinajstić information content (AvgIpc) is 2.64. The van der Waals surface area contributed by atoms with Crippen LogP contribution in [-0.2, 0) is 24.4 Å². The van der Waals surface area contributed by atoms with E-state index in [0.717, 1.165) is 25.2 Å². The predicted molar refractivity (Wildman–Crippen MR) is 115 cm³/mol. The summed E-state index contributed by atoms with van der Waals surface area (Å²) in [5.41, 5.74) is 0. The Balaban J connectivity index is 0. The summed E-state index contributed by atoms with van der Waals surface area (Å²) >= 11 is 0. The maximum atomic E-state index is 11.6. The molecule has 1 atom stereocenters. The van der Waals surface area contributed by atoms with Gasteiger partial charge in [-0.25, -0.2) is 0 Å². The Kier molecular flexibility index (Phi) is 21.8. The number of aliphatic carboxylic acids is 1. The summed E-state index contributed by atoms with van der Waals surface area (Å²) < 4.78 is 35.8. The van der Waals surface area contributed by atoms with E-state index in [9.17, 15) is 23.1 Å². The van der Waals surface area contributed by atoms with Crippen molar-refractivity contribution in [2.75, 3.05) is 6.61 Å². The van der Waals surface area contributed by atoms with Crippen LogP contribution in [0.3, 0.4) is 0 Å². The van der Waals surface area contributed by atoms with Crippen molar-refractivity contribution in [2.45, 2.75) is 115 Å². The zero-order valence-electron chi connectivity index (χ0n) is 19.8. The van der Waals surface area contributed by atoms with Gasteiger partial charge in [-0.3, -0.25) is 9.35 Å². The number of carbonyl (C=O) groups is 2. The molecule has 0 aliphatic rings. The molecule has 7 nitrogen and oxygen atoms in total. The van der Waals surface area contributed by atoms with Crippen LogP contribution in [0.15, 0.2) is 0 Å². The third kappa shape index (κ3) is 21.5. The molecular formula is C22H41NaO7S. The second-order valence-corrected chi connectivity index (χ2v) is 10.1. The topological polar surface area (TPSA) is 121 Å². The van der Waals surface area contributed by atoms with E-state index in [1.54, 1.807) is 0 Å². The van der Waals surface area contributed by atoms with Gasteiger partial charge < -0.3 is 14.6 Å². The molecule has 0 saturated heterocycles. The maximum absolute atomic E-state index is 11.6.